The van der Waals surface area contributed by atoms with Crippen LogP contribution in [0.5, 0.6) is 5.75 Å². The summed E-state index contributed by atoms with van der Waals surface area (Å²) >= 11 is 0. The summed E-state index contributed by atoms with van der Waals surface area (Å²) in [5, 5.41) is 13.4. The standard InChI is InChI=1S/C26H29N3O4S/c1-19-14-20(2)26(21(3)15-19)34(32,33)29(13-12-22-8-5-4-6-9-22)18-25(31)28-27-17-23-10-7-11-24(30)16-23/h4-11,14-17,30H,12-13,18H2,1-3H3,(H,28,31)/b27-17+. The Morgan fingerprint density at radius 3 is 2.32 bits per heavy atom. The van der Waals surface area contributed by atoms with Crippen molar-refractivity contribution in [2.45, 2.75) is 32.1 Å². The zero-order chi connectivity index (χ0) is 24.7. The molecule has 0 fully saturated rings. The van der Waals surface area contributed by atoms with Gasteiger partial charge in [-0.25, -0.2) is 13.8 Å². The fourth-order valence-corrected chi connectivity index (χ4v) is 5.67. The van der Waals surface area contributed by atoms with Gasteiger partial charge >= 0.3 is 0 Å². The third-order valence-electron chi connectivity index (χ3n) is 5.29. The lowest BCUT2D eigenvalue weighted by molar-refractivity contribution is -0.121. The maximum atomic E-state index is 13.7. The average Bonchev–Trinajstić information content (AvgIpc) is 2.76. The molecule has 0 atom stereocenters. The summed E-state index contributed by atoms with van der Waals surface area (Å²) in [5.74, 6) is -0.479. The normalized spacial score (nSPS) is 11.8. The molecule has 0 aliphatic rings. The number of nitrogens with zero attached hydrogens (tertiary/aromatic N) is 2. The number of carbonyl (C=O) groups excluding carboxylic acids is 1. The number of aromatic hydroxyl groups is 1. The Kier molecular flexibility index (Phi) is 8.20. The highest BCUT2D eigenvalue weighted by molar-refractivity contribution is 7.89. The van der Waals surface area contributed by atoms with E-state index < -0.39 is 15.9 Å². The van der Waals surface area contributed by atoms with Crippen molar-refractivity contribution in [2.75, 3.05) is 13.1 Å². The summed E-state index contributed by atoms with van der Waals surface area (Å²) in [5.41, 5.74) is 6.22. The van der Waals surface area contributed by atoms with Gasteiger partial charge in [-0.2, -0.15) is 9.41 Å². The molecule has 2 N–H and O–H groups in total. The Morgan fingerprint density at radius 1 is 1.00 bits per heavy atom. The molecule has 0 bridgehead atoms. The smallest absolute Gasteiger partial charge is 0.255 e. The number of amides is 1. The molecule has 0 radical (unpaired) electrons. The maximum absolute atomic E-state index is 13.7. The molecule has 3 aromatic rings. The predicted octanol–water partition coefficient (Wildman–Crippen LogP) is 3.70. The molecule has 34 heavy (non-hydrogen) atoms. The quantitative estimate of drug-likeness (QED) is 0.361. The molecule has 8 heteroatoms. The third kappa shape index (κ3) is 6.52. The van der Waals surface area contributed by atoms with E-state index in [0.717, 1.165) is 11.1 Å². The number of carbonyl (C=O) groups is 1. The largest absolute Gasteiger partial charge is 0.508 e. The van der Waals surface area contributed by atoms with Gasteiger partial charge in [-0.3, -0.25) is 4.79 Å². The zero-order valence-electron chi connectivity index (χ0n) is 19.5. The lowest BCUT2D eigenvalue weighted by Gasteiger charge is -2.24. The van der Waals surface area contributed by atoms with Crippen molar-refractivity contribution in [2.24, 2.45) is 5.10 Å². The van der Waals surface area contributed by atoms with Gasteiger partial charge in [0.25, 0.3) is 5.91 Å². The summed E-state index contributed by atoms with van der Waals surface area (Å²) in [6, 6.07) is 19.6. The molecule has 0 aliphatic heterocycles. The second-order valence-corrected chi connectivity index (χ2v) is 10.1. The van der Waals surface area contributed by atoms with Crippen LogP contribution in [0.2, 0.25) is 0 Å². The van der Waals surface area contributed by atoms with E-state index in [1.54, 1.807) is 26.0 Å². The second-order valence-electron chi connectivity index (χ2n) is 8.19. The van der Waals surface area contributed by atoms with Crippen molar-refractivity contribution in [3.8, 4) is 5.75 Å². The van der Waals surface area contributed by atoms with Crippen molar-refractivity contribution in [3.05, 3.63) is 94.5 Å². The Morgan fingerprint density at radius 2 is 1.68 bits per heavy atom. The molecule has 0 aliphatic carbocycles. The highest BCUT2D eigenvalue weighted by atomic mass is 32.2. The van der Waals surface area contributed by atoms with Gasteiger partial charge in [0.2, 0.25) is 10.0 Å². The fourth-order valence-electron chi connectivity index (χ4n) is 3.86. The highest BCUT2D eigenvalue weighted by Gasteiger charge is 2.29. The van der Waals surface area contributed by atoms with Crippen molar-refractivity contribution in [1.82, 2.24) is 9.73 Å². The number of nitrogens with one attached hydrogen (secondary N) is 1. The fraction of sp³-hybridized carbons (Fsp3) is 0.231. The zero-order valence-corrected chi connectivity index (χ0v) is 20.3. The molecule has 0 heterocycles. The van der Waals surface area contributed by atoms with Crippen LogP contribution in [0.3, 0.4) is 0 Å². The summed E-state index contributed by atoms with van der Waals surface area (Å²) in [6.07, 6.45) is 1.85. The van der Waals surface area contributed by atoms with Crippen LogP contribution < -0.4 is 5.43 Å². The molecule has 7 nitrogen and oxygen atoms in total. The van der Waals surface area contributed by atoms with Crippen molar-refractivity contribution >= 4 is 22.1 Å². The number of hydrogen-bond acceptors (Lipinski definition) is 5. The SMILES string of the molecule is Cc1cc(C)c(S(=O)(=O)N(CCc2ccccc2)CC(=O)N/N=C/c2cccc(O)c2)c(C)c1. The first kappa shape index (κ1) is 25.1. The minimum absolute atomic E-state index is 0.0808. The van der Waals surface area contributed by atoms with Crippen LogP contribution in [0.15, 0.2) is 76.7 Å². The number of sulfonamides is 1. The second kappa shape index (κ2) is 11.1. The third-order valence-corrected chi connectivity index (χ3v) is 7.44. The summed E-state index contributed by atoms with van der Waals surface area (Å²) in [6.45, 7) is 5.22. The van der Waals surface area contributed by atoms with Crippen LogP contribution in [0.25, 0.3) is 0 Å². The molecule has 0 saturated heterocycles. The molecule has 0 aromatic heterocycles. The number of rotatable bonds is 9. The number of phenolic OH excluding ortho intramolecular Hbond substituents is 1. The van der Waals surface area contributed by atoms with Gasteiger partial charge < -0.3 is 5.11 Å². The predicted molar refractivity (Wildman–Crippen MR) is 133 cm³/mol. The molecule has 0 spiro atoms. The number of phenols is 1. The van der Waals surface area contributed by atoms with Crippen LogP contribution in [0.4, 0.5) is 0 Å². The Balaban J connectivity index is 1.82. The van der Waals surface area contributed by atoms with Gasteiger partial charge in [-0.1, -0.05) is 60.2 Å². The van der Waals surface area contributed by atoms with Gasteiger partial charge in [0.15, 0.2) is 0 Å². The van der Waals surface area contributed by atoms with E-state index in [0.29, 0.717) is 23.1 Å². The first-order valence-electron chi connectivity index (χ1n) is 10.9. The number of benzene rings is 3. The summed E-state index contributed by atoms with van der Waals surface area (Å²) < 4.78 is 28.5. The topological polar surface area (TPSA) is 99.1 Å². The number of hydrogen-bond donors (Lipinski definition) is 2. The Bertz CT molecular complexity index is 1270. The van der Waals surface area contributed by atoms with Gasteiger partial charge in [-0.05, 0) is 61.6 Å². The Hall–Kier alpha value is -3.49. The van der Waals surface area contributed by atoms with E-state index in [2.05, 4.69) is 10.5 Å². The van der Waals surface area contributed by atoms with Crippen LogP contribution >= 0.6 is 0 Å². The van der Waals surface area contributed by atoms with E-state index in [9.17, 15) is 18.3 Å². The van der Waals surface area contributed by atoms with Crippen molar-refractivity contribution < 1.29 is 18.3 Å². The summed E-state index contributed by atoms with van der Waals surface area (Å²) in [7, 11) is -3.94. The molecule has 1 amide bonds. The lowest BCUT2D eigenvalue weighted by Crippen LogP contribution is -2.41. The van der Waals surface area contributed by atoms with E-state index in [4.69, 9.17) is 0 Å². The van der Waals surface area contributed by atoms with Crippen LogP contribution in [-0.4, -0.2) is 43.0 Å². The van der Waals surface area contributed by atoms with E-state index >= 15 is 0 Å². The minimum Gasteiger partial charge on any atom is -0.508 e. The molecule has 0 unspecified atom stereocenters. The average molecular weight is 480 g/mol. The molecule has 0 saturated carbocycles. The van der Waals surface area contributed by atoms with Gasteiger partial charge in [0.05, 0.1) is 17.7 Å². The van der Waals surface area contributed by atoms with Gasteiger partial charge in [-0.15, -0.1) is 0 Å². The van der Waals surface area contributed by atoms with Crippen molar-refractivity contribution in [1.29, 1.82) is 0 Å². The van der Waals surface area contributed by atoms with Crippen LogP contribution in [0.1, 0.15) is 27.8 Å². The van der Waals surface area contributed by atoms with Gasteiger partial charge in [0, 0.05) is 6.54 Å². The first-order chi connectivity index (χ1) is 16.2. The van der Waals surface area contributed by atoms with E-state index in [1.165, 1.54) is 22.7 Å². The first-order valence-corrected chi connectivity index (χ1v) is 12.3. The number of aryl methyl sites for hydroxylation is 3. The van der Waals surface area contributed by atoms with Crippen LogP contribution in [-0.2, 0) is 21.2 Å². The van der Waals surface area contributed by atoms with Crippen LogP contribution in [0, 0.1) is 20.8 Å². The lowest BCUT2D eigenvalue weighted by atomic mass is 10.1. The molecular weight excluding hydrogens is 450 g/mol. The monoisotopic (exact) mass is 479 g/mol. The summed E-state index contributed by atoms with van der Waals surface area (Å²) in [4.78, 5) is 12.9. The maximum Gasteiger partial charge on any atom is 0.255 e. The van der Waals surface area contributed by atoms with E-state index in [-0.39, 0.29) is 23.7 Å². The highest BCUT2D eigenvalue weighted by Crippen LogP contribution is 2.25. The van der Waals surface area contributed by atoms with Gasteiger partial charge in [0.1, 0.15) is 5.75 Å². The number of hydrazone groups is 1. The van der Waals surface area contributed by atoms with E-state index in [1.807, 2.05) is 49.4 Å². The molecule has 178 valence electrons. The molecular formula is C26H29N3O4S. The van der Waals surface area contributed by atoms with Crippen molar-refractivity contribution in [3.63, 3.8) is 0 Å². The minimum atomic E-state index is -3.94. The molecule has 3 rings (SSSR count). The molecule has 3 aromatic carbocycles. The Labute approximate surface area is 200 Å².